The van der Waals surface area contributed by atoms with Crippen molar-refractivity contribution in [3.63, 3.8) is 0 Å². The Morgan fingerprint density at radius 2 is 1.24 bits per heavy atom. The monoisotopic (exact) mass is 462 g/mol. The van der Waals surface area contributed by atoms with E-state index in [1.165, 1.54) is 6.08 Å². The normalized spacial score (nSPS) is 25.1. The van der Waals surface area contributed by atoms with E-state index >= 15 is 0 Å². The Labute approximate surface area is 199 Å². The van der Waals surface area contributed by atoms with Crippen molar-refractivity contribution in [1.29, 1.82) is 0 Å². The molecule has 1 heterocycles. The molecule has 4 rings (SSSR count). The molecule has 0 unspecified atom stereocenters. The molecule has 6 nitrogen and oxygen atoms in total. The highest BCUT2D eigenvalue weighted by Gasteiger charge is 2.46. The molecule has 0 aliphatic carbocycles. The molecule has 0 aromatic heterocycles. The molecule has 0 spiro atoms. The molecule has 34 heavy (non-hydrogen) atoms. The van der Waals surface area contributed by atoms with E-state index in [2.05, 4.69) is 6.58 Å². The van der Waals surface area contributed by atoms with E-state index in [9.17, 15) is 15.3 Å². The topological polar surface area (TPSA) is 88.4 Å². The first kappa shape index (κ1) is 24.3. The molecule has 0 bridgehead atoms. The Kier molecular flexibility index (Phi) is 7.90. The van der Waals surface area contributed by atoms with E-state index < -0.39 is 36.3 Å². The van der Waals surface area contributed by atoms with Crippen LogP contribution in [0.15, 0.2) is 104 Å². The fourth-order valence-electron chi connectivity index (χ4n) is 4.41. The van der Waals surface area contributed by atoms with Crippen molar-refractivity contribution >= 4 is 0 Å². The zero-order valence-electron chi connectivity index (χ0n) is 18.8. The average Bonchev–Trinajstić information content (AvgIpc) is 2.89. The van der Waals surface area contributed by atoms with E-state index in [1.807, 2.05) is 91.0 Å². The number of benzene rings is 3. The molecule has 3 aromatic rings. The third-order valence-electron chi connectivity index (χ3n) is 6.07. The Bertz CT molecular complexity index is 930. The number of aliphatic hydroxyl groups is 3. The van der Waals surface area contributed by atoms with E-state index in [0.717, 1.165) is 16.7 Å². The second-order valence-electron chi connectivity index (χ2n) is 8.22. The van der Waals surface area contributed by atoms with Gasteiger partial charge >= 0.3 is 0 Å². The average molecular weight is 463 g/mol. The Morgan fingerprint density at radius 3 is 1.68 bits per heavy atom. The second-order valence-corrected chi connectivity index (χ2v) is 8.22. The van der Waals surface area contributed by atoms with Crippen LogP contribution in [0, 0.1) is 0 Å². The van der Waals surface area contributed by atoms with Gasteiger partial charge in [0.2, 0.25) is 0 Å². The lowest BCUT2D eigenvalue weighted by Crippen LogP contribution is -2.60. The highest BCUT2D eigenvalue weighted by atomic mass is 16.7. The molecule has 5 atom stereocenters. The van der Waals surface area contributed by atoms with Crippen LogP contribution in [0.3, 0.4) is 0 Å². The highest BCUT2D eigenvalue weighted by Crippen LogP contribution is 2.41. The minimum atomic E-state index is -1.52. The van der Waals surface area contributed by atoms with Crippen molar-refractivity contribution in [3.05, 3.63) is 120 Å². The van der Waals surface area contributed by atoms with Crippen LogP contribution >= 0.6 is 0 Å². The highest BCUT2D eigenvalue weighted by molar-refractivity contribution is 5.47. The lowest BCUT2D eigenvalue weighted by Gasteiger charge is -2.42. The summed E-state index contributed by atoms with van der Waals surface area (Å²) in [5.41, 5.74) is 1.69. The van der Waals surface area contributed by atoms with Crippen LogP contribution in [-0.4, -0.2) is 59.2 Å². The van der Waals surface area contributed by atoms with Crippen molar-refractivity contribution in [2.45, 2.75) is 36.3 Å². The molecule has 178 valence electrons. The summed E-state index contributed by atoms with van der Waals surface area (Å²) >= 11 is 0. The first-order valence-electron chi connectivity index (χ1n) is 11.3. The van der Waals surface area contributed by atoms with Crippen molar-refractivity contribution in [3.8, 4) is 0 Å². The molecule has 0 saturated carbocycles. The lowest BCUT2D eigenvalue weighted by atomic mass is 9.80. The maximum atomic E-state index is 10.9. The Morgan fingerprint density at radius 1 is 0.765 bits per heavy atom. The van der Waals surface area contributed by atoms with Gasteiger partial charge in [0.15, 0.2) is 6.29 Å². The number of ether oxygens (including phenoxy) is 3. The molecule has 0 radical (unpaired) electrons. The summed E-state index contributed by atoms with van der Waals surface area (Å²) in [4.78, 5) is 0. The van der Waals surface area contributed by atoms with Gasteiger partial charge in [0, 0.05) is 0 Å². The molecule has 6 heteroatoms. The van der Waals surface area contributed by atoms with Crippen LogP contribution < -0.4 is 0 Å². The Balaban J connectivity index is 1.73. The van der Waals surface area contributed by atoms with Crippen molar-refractivity contribution in [2.24, 2.45) is 0 Å². The van der Waals surface area contributed by atoms with E-state index in [1.54, 1.807) is 0 Å². The summed E-state index contributed by atoms with van der Waals surface area (Å²) in [5.74, 6) is 0. The molecule has 0 amide bonds. The fourth-order valence-corrected chi connectivity index (χ4v) is 4.41. The summed E-state index contributed by atoms with van der Waals surface area (Å²) in [6.45, 7) is 3.64. The molecule has 1 aliphatic rings. The van der Waals surface area contributed by atoms with E-state index in [0.29, 0.717) is 0 Å². The van der Waals surface area contributed by atoms with Crippen LogP contribution in [0.25, 0.3) is 0 Å². The van der Waals surface area contributed by atoms with Crippen LogP contribution in [0.1, 0.15) is 16.7 Å². The molecule has 3 N–H and O–H groups in total. The van der Waals surface area contributed by atoms with Crippen LogP contribution in [-0.2, 0) is 19.8 Å². The number of aliphatic hydroxyl groups excluding tert-OH is 3. The first-order chi connectivity index (χ1) is 16.6. The first-order valence-corrected chi connectivity index (χ1v) is 11.3. The maximum absolute atomic E-state index is 10.9. The number of hydrogen-bond acceptors (Lipinski definition) is 6. The molecule has 1 saturated heterocycles. The quantitative estimate of drug-likeness (QED) is 0.335. The minimum Gasteiger partial charge on any atom is -0.387 e. The van der Waals surface area contributed by atoms with E-state index in [4.69, 9.17) is 14.2 Å². The predicted molar refractivity (Wildman–Crippen MR) is 128 cm³/mol. The second kappa shape index (κ2) is 11.1. The molecular weight excluding hydrogens is 432 g/mol. The van der Waals surface area contributed by atoms with Crippen molar-refractivity contribution < 1.29 is 29.5 Å². The van der Waals surface area contributed by atoms with Gasteiger partial charge in [0.05, 0.1) is 13.2 Å². The summed E-state index contributed by atoms with van der Waals surface area (Å²) < 4.78 is 17.8. The van der Waals surface area contributed by atoms with Gasteiger partial charge in [-0.1, -0.05) is 97.1 Å². The third-order valence-corrected chi connectivity index (χ3v) is 6.07. The summed E-state index contributed by atoms with van der Waals surface area (Å²) in [5, 5.41) is 31.5. The number of hydrogen-bond donors (Lipinski definition) is 3. The van der Waals surface area contributed by atoms with Crippen LogP contribution in [0.2, 0.25) is 0 Å². The lowest BCUT2D eigenvalue weighted by molar-refractivity contribution is -0.297. The van der Waals surface area contributed by atoms with Gasteiger partial charge < -0.3 is 29.5 Å². The SMILES string of the molecule is C=CCO[C@@H]1[C@H](O)[C@H](O)O[C@H](COC(c2ccccc2)(c2ccccc2)c2ccccc2)[C@H]1O. The van der Waals surface area contributed by atoms with Gasteiger partial charge in [0.25, 0.3) is 0 Å². The standard InChI is InChI=1S/C28H30O6/c1-2-18-32-26-24(29)23(34-27(31)25(26)30)19-33-28(20-12-6-3-7-13-20,21-14-8-4-9-15-21)22-16-10-5-11-17-22/h2-17,23-27,29-31H,1,18-19H2/t23-,24-,25+,26+,27-/m1/s1. The van der Waals surface area contributed by atoms with Crippen molar-refractivity contribution in [2.75, 3.05) is 13.2 Å². The predicted octanol–water partition coefficient (Wildman–Crippen LogP) is 3.01. The zero-order chi connectivity index (χ0) is 24.0. The fraction of sp³-hybridized carbons (Fsp3) is 0.286. The molecule has 1 fully saturated rings. The maximum Gasteiger partial charge on any atom is 0.184 e. The van der Waals surface area contributed by atoms with Gasteiger partial charge in [-0.25, -0.2) is 0 Å². The van der Waals surface area contributed by atoms with Crippen LogP contribution in [0.4, 0.5) is 0 Å². The van der Waals surface area contributed by atoms with Crippen LogP contribution in [0.5, 0.6) is 0 Å². The molecule has 1 aliphatic heterocycles. The molecular formula is C28H30O6. The van der Waals surface area contributed by atoms with Gasteiger partial charge in [-0.15, -0.1) is 6.58 Å². The summed E-state index contributed by atoms with van der Waals surface area (Å²) in [6, 6.07) is 29.5. The van der Waals surface area contributed by atoms with Crippen molar-refractivity contribution in [1.82, 2.24) is 0 Å². The van der Waals surface area contributed by atoms with Gasteiger partial charge in [-0.2, -0.15) is 0 Å². The summed E-state index contributed by atoms with van der Waals surface area (Å²) in [7, 11) is 0. The smallest absolute Gasteiger partial charge is 0.184 e. The molecule has 3 aromatic carbocycles. The van der Waals surface area contributed by atoms with Gasteiger partial charge in [-0.05, 0) is 16.7 Å². The summed E-state index contributed by atoms with van der Waals surface area (Å²) in [6.07, 6.45) is -4.62. The Hall–Kier alpha value is -2.84. The van der Waals surface area contributed by atoms with Gasteiger partial charge in [-0.3, -0.25) is 0 Å². The minimum absolute atomic E-state index is 0.0718. The zero-order valence-corrected chi connectivity index (χ0v) is 18.8. The number of rotatable bonds is 9. The third kappa shape index (κ3) is 4.83. The van der Waals surface area contributed by atoms with Gasteiger partial charge in [0.1, 0.15) is 30.0 Å². The largest absolute Gasteiger partial charge is 0.387 e. The van der Waals surface area contributed by atoms with E-state index in [-0.39, 0.29) is 13.2 Å².